The summed E-state index contributed by atoms with van der Waals surface area (Å²) in [6.07, 6.45) is 12.5. The Kier molecular flexibility index (Phi) is 5.96. The fourth-order valence-corrected chi connectivity index (χ4v) is 4.51. The van der Waals surface area contributed by atoms with Crippen LogP contribution in [0.15, 0.2) is 6.20 Å². The smallest absolute Gasteiger partial charge is 0.222 e. The number of likely N-dealkylation sites (tertiary alicyclic amines) is 1. The molecule has 134 valence electrons. The Balaban J connectivity index is 1.56. The van der Waals surface area contributed by atoms with Crippen molar-refractivity contribution >= 4 is 5.91 Å². The monoisotopic (exact) mass is 331 g/mol. The minimum atomic E-state index is 0.402. The molecule has 0 radical (unpaired) electrons. The number of nitrogens with zero attached hydrogens (tertiary/aromatic N) is 3. The Bertz CT molecular complexity index is 545. The third kappa shape index (κ3) is 4.20. The van der Waals surface area contributed by atoms with E-state index in [1.165, 1.54) is 43.6 Å². The summed E-state index contributed by atoms with van der Waals surface area (Å²) >= 11 is 0. The molecule has 1 aromatic heterocycles. The van der Waals surface area contributed by atoms with E-state index in [-0.39, 0.29) is 0 Å². The molecule has 0 bridgehead atoms. The zero-order valence-corrected chi connectivity index (χ0v) is 15.5. The summed E-state index contributed by atoms with van der Waals surface area (Å²) in [6, 6.07) is 0. The average Bonchev–Trinajstić information content (AvgIpc) is 3.20. The molecule has 1 amide bonds. The molecule has 1 aliphatic heterocycles. The van der Waals surface area contributed by atoms with Gasteiger partial charge in [-0.2, -0.15) is 0 Å². The number of carbonyl (C=O) groups excluding carboxylic acids is 1. The van der Waals surface area contributed by atoms with Crippen LogP contribution in [0.4, 0.5) is 0 Å². The molecule has 0 N–H and O–H groups in total. The predicted octanol–water partition coefficient (Wildman–Crippen LogP) is 3.96. The number of carbonyl (C=O) groups is 1. The number of rotatable bonds is 6. The molecule has 1 unspecified atom stereocenters. The van der Waals surface area contributed by atoms with Gasteiger partial charge in [-0.05, 0) is 50.9 Å². The van der Waals surface area contributed by atoms with Crippen molar-refractivity contribution in [3.63, 3.8) is 0 Å². The van der Waals surface area contributed by atoms with Crippen LogP contribution in [0.5, 0.6) is 0 Å². The minimum absolute atomic E-state index is 0.402. The van der Waals surface area contributed by atoms with Gasteiger partial charge in [0.1, 0.15) is 5.82 Å². The molecule has 1 aliphatic carbocycles. The Hall–Kier alpha value is -1.32. The van der Waals surface area contributed by atoms with Crippen molar-refractivity contribution in [3.05, 3.63) is 17.7 Å². The van der Waals surface area contributed by atoms with Gasteiger partial charge in [0.25, 0.3) is 0 Å². The van der Waals surface area contributed by atoms with E-state index in [1.807, 2.05) is 6.20 Å². The zero-order chi connectivity index (χ0) is 16.9. The second-order valence-electron chi connectivity index (χ2n) is 7.87. The summed E-state index contributed by atoms with van der Waals surface area (Å²) in [5, 5.41) is 0. The van der Waals surface area contributed by atoms with E-state index in [1.54, 1.807) is 0 Å². The molecule has 1 saturated carbocycles. The van der Waals surface area contributed by atoms with Crippen molar-refractivity contribution in [3.8, 4) is 0 Å². The summed E-state index contributed by atoms with van der Waals surface area (Å²) in [5.41, 5.74) is 1.26. The SMILES string of the molecule is CCCn1c(C)cnc1CC1CCCN(C(=O)CC2CCCC2)C1. The third-order valence-electron chi connectivity index (χ3n) is 5.87. The summed E-state index contributed by atoms with van der Waals surface area (Å²) in [4.78, 5) is 19.4. The molecular weight excluding hydrogens is 298 g/mol. The largest absolute Gasteiger partial charge is 0.342 e. The van der Waals surface area contributed by atoms with Crippen LogP contribution in [0.1, 0.15) is 69.8 Å². The Labute approximate surface area is 146 Å². The first-order valence-corrected chi connectivity index (χ1v) is 9.96. The van der Waals surface area contributed by atoms with Gasteiger partial charge in [-0.3, -0.25) is 4.79 Å². The maximum atomic E-state index is 12.6. The quantitative estimate of drug-likeness (QED) is 0.791. The second kappa shape index (κ2) is 8.17. The molecule has 4 nitrogen and oxygen atoms in total. The summed E-state index contributed by atoms with van der Waals surface area (Å²) in [6.45, 7) is 7.31. The van der Waals surface area contributed by atoms with Gasteiger partial charge in [-0.25, -0.2) is 4.98 Å². The van der Waals surface area contributed by atoms with E-state index in [0.717, 1.165) is 45.3 Å². The molecule has 4 heteroatoms. The van der Waals surface area contributed by atoms with Crippen LogP contribution in [0.2, 0.25) is 0 Å². The molecule has 2 fully saturated rings. The number of amides is 1. The van der Waals surface area contributed by atoms with Crippen molar-refractivity contribution in [1.82, 2.24) is 14.5 Å². The van der Waals surface area contributed by atoms with Gasteiger partial charge < -0.3 is 9.47 Å². The Morgan fingerprint density at radius 2 is 1.96 bits per heavy atom. The van der Waals surface area contributed by atoms with Crippen molar-refractivity contribution in [2.75, 3.05) is 13.1 Å². The Morgan fingerprint density at radius 3 is 2.71 bits per heavy atom. The summed E-state index contributed by atoms with van der Waals surface area (Å²) < 4.78 is 2.36. The van der Waals surface area contributed by atoms with Crippen LogP contribution in [-0.4, -0.2) is 33.4 Å². The lowest BCUT2D eigenvalue weighted by molar-refractivity contribution is -0.134. The topological polar surface area (TPSA) is 38.1 Å². The molecule has 24 heavy (non-hydrogen) atoms. The van der Waals surface area contributed by atoms with E-state index in [0.29, 0.717) is 17.7 Å². The van der Waals surface area contributed by atoms with Crippen LogP contribution < -0.4 is 0 Å². The standard InChI is InChI=1S/C20H33N3O/c1-3-10-23-16(2)14-21-19(23)12-18-9-6-11-22(15-18)20(24)13-17-7-4-5-8-17/h14,17-18H,3-13,15H2,1-2H3. The number of imidazole rings is 1. The van der Waals surface area contributed by atoms with Gasteiger partial charge in [-0.1, -0.05) is 19.8 Å². The molecule has 0 aromatic carbocycles. The van der Waals surface area contributed by atoms with Crippen LogP contribution in [-0.2, 0) is 17.8 Å². The first kappa shape index (κ1) is 17.5. The number of hydrogen-bond donors (Lipinski definition) is 0. The van der Waals surface area contributed by atoms with Gasteiger partial charge in [0.15, 0.2) is 0 Å². The van der Waals surface area contributed by atoms with E-state index < -0.39 is 0 Å². The van der Waals surface area contributed by atoms with Gasteiger partial charge in [0.2, 0.25) is 5.91 Å². The molecule has 1 saturated heterocycles. The van der Waals surface area contributed by atoms with E-state index in [4.69, 9.17) is 0 Å². The zero-order valence-electron chi connectivity index (χ0n) is 15.5. The highest BCUT2D eigenvalue weighted by atomic mass is 16.2. The van der Waals surface area contributed by atoms with Crippen LogP contribution >= 0.6 is 0 Å². The maximum absolute atomic E-state index is 12.6. The second-order valence-corrected chi connectivity index (χ2v) is 7.87. The van der Waals surface area contributed by atoms with Crippen LogP contribution in [0.25, 0.3) is 0 Å². The average molecular weight is 332 g/mol. The molecule has 1 atom stereocenters. The number of hydrogen-bond acceptors (Lipinski definition) is 2. The first-order valence-electron chi connectivity index (χ1n) is 9.96. The summed E-state index contributed by atoms with van der Waals surface area (Å²) in [7, 11) is 0. The minimum Gasteiger partial charge on any atom is -0.342 e. The molecule has 3 rings (SSSR count). The lowest BCUT2D eigenvalue weighted by atomic mass is 9.93. The van der Waals surface area contributed by atoms with Crippen molar-refractivity contribution in [1.29, 1.82) is 0 Å². The first-order chi connectivity index (χ1) is 11.7. The molecule has 2 heterocycles. The van der Waals surface area contributed by atoms with E-state index in [9.17, 15) is 4.79 Å². The third-order valence-corrected chi connectivity index (χ3v) is 5.87. The van der Waals surface area contributed by atoms with Crippen LogP contribution in [0.3, 0.4) is 0 Å². The number of aromatic nitrogens is 2. The van der Waals surface area contributed by atoms with Crippen molar-refractivity contribution in [2.45, 2.75) is 78.2 Å². The number of piperidine rings is 1. The lowest BCUT2D eigenvalue weighted by Gasteiger charge is -2.33. The maximum Gasteiger partial charge on any atom is 0.222 e. The highest BCUT2D eigenvalue weighted by Gasteiger charge is 2.27. The van der Waals surface area contributed by atoms with Crippen molar-refractivity contribution in [2.24, 2.45) is 11.8 Å². The predicted molar refractivity (Wildman–Crippen MR) is 96.8 cm³/mol. The number of aryl methyl sites for hydroxylation is 1. The van der Waals surface area contributed by atoms with E-state index in [2.05, 4.69) is 28.3 Å². The summed E-state index contributed by atoms with van der Waals surface area (Å²) in [5.74, 6) is 2.84. The molecule has 2 aliphatic rings. The van der Waals surface area contributed by atoms with E-state index >= 15 is 0 Å². The fourth-order valence-electron chi connectivity index (χ4n) is 4.51. The van der Waals surface area contributed by atoms with Crippen molar-refractivity contribution < 1.29 is 4.79 Å². The van der Waals surface area contributed by atoms with Gasteiger partial charge >= 0.3 is 0 Å². The molecule has 1 aromatic rings. The molecular formula is C20H33N3O. The lowest BCUT2D eigenvalue weighted by Crippen LogP contribution is -2.41. The van der Waals surface area contributed by atoms with Crippen LogP contribution in [0, 0.1) is 18.8 Å². The highest BCUT2D eigenvalue weighted by molar-refractivity contribution is 5.76. The van der Waals surface area contributed by atoms with Gasteiger partial charge in [0.05, 0.1) is 0 Å². The normalized spacial score (nSPS) is 22.2. The highest BCUT2D eigenvalue weighted by Crippen LogP contribution is 2.29. The van der Waals surface area contributed by atoms with Gasteiger partial charge in [0, 0.05) is 44.4 Å². The Morgan fingerprint density at radius 1 is 1.21 bits per heavy atom. The molecule has 0 spiro atoms. The fraction of sp³-hybridized carbons (Fsp3) is 0.800. The van der Waals surface area contributed by atoms with Gasteiger partial charge in [-0.15, -0.1) is 0 Å².